The van der Waals surface area contributed by atoms with Crippen molar-refractivity contribution in [2.75, 3.05) is 6.79 Å². The quantitative estimate of drug-likeness (QED) is 0.357. The lowest BCUT2D eigenvalue weighted by molar-refractivity contribution is -0.180. The third kappa shape index (κ3) is 4.25. The molecule has 4 rings (SSSR count). The number of rotatable bonds is 6. The van der Waals surface area contributed by atoms with Gasteiger partial charge >= 0.3 is 11.9 Å². The van der Waals surface area contributed by atoms with Crippen LogP contribution in [0.25, 0.3) is 11.3 Å². The first-order valence-corrected chi connectivity index (χ1v) is 11.5. The molecule has 4 atom stereocenters. The minimum Gasteiger partial charge on any atom is -0.427 e. The van der Waals surface area contributed by atoms with Crippen LogP contribution in [0.3, 0.4) is 0 Å². The first-order valence-electron chi connectivity index (χ1n) is 11.5. The average Bonchev–Trinajstić information content (AvgIpc) is 3.33. The van der Waals surface area contributed by atoms with Gasteiger partial charge in [-0.25, -0.2) is 4.79 Å². The van der Waals surface area contributed by atoms with Crippen LogP contribution in [-0.2, 0) is 28.7 Å². The highest BCUT2D eigenvalue weighted by molar-refractivity contribution is 6.13. The second-order valence-electron chi connectivity index (χ2n) is 9.87. The second kappa shape index (κ2) is 9.21. The lowest BCUT2D eigenvalue weighted by Crippen LogP contribution is -2.72. The van der Waals surface area contributed by atoms with Crippen LogP contribution >= 0.6 is 0 Å². The Morgan fingerprint density at radius 2 is 1.78 bits per heavy atom. The maximum Gasteiger partial charge on any atom is 0.332 e. The zero-order valence-electron chi connectivity index (χ0n) is 20.6. The first-order chi connectivity index (χ1) is 16.9. The summed E-state index contributed by atoms with van der Waals surface area (Å²) in [4.78, 5) is 64.6. The normalized spacial score (nSPS) is 23.1. The van der Waals surface area contributed by atoms with Gasteiger partial charge in [0.05, 0.1) is 5.41 Å². The SMILES string of the molecule is Cc1onc(-c2ccccc2)c1C(=O)NC1C(=O)N2C(C(=O)OCOC(=O)C(C)(C)C)C(C)C(=O)[C@H]12. The Morgan fingerprint density at radius 3 is 2.42 bits per heavy atom. The van der Waals surface area contributed by atoms with Gasteiger partial charge in [-0.15, -0.1) is 0 Å². The van der Waals surface area contributed by atoms with Gasteiger partial charge in [0.25, 0.3) is 5.91 Å². The molecule has 0 saturated carbocycles. The van der Waals surface area contributed by atoms with E-state index in [1.54, 1.807) is 52.0 Å². The van der Waals surface area contributed by atoms with Gasteiger partial charge in [0.15, 0.2) is 5.78 Å². The van der Waals surface area contributed by atoms with E-state index in [1.807, 2.05) is 6.07 Å². The summed E-state index contributed by atoms with van der Waals surface area (Å²) in [6, 6.07) is 5.61. The Labute approximate surface area is 207 Å². The molecule has 11 heteroatoms. The van der Waals surface area contributed by atoms with Crippen molar-refractivity contribution in [3.63, 3.8) is 0 Å². The molecule has 3 heterocycles. The number of aromatic nitrogens is 1. The van der Waals surface area contributed by atoms with Crippen LogP contribution in [0.5, 0.6) is 0 Å². The van der Waals surface area contributed by atoms with E-state index in [0.29, 0.717) is 11.3 Å². The highest BCUT2D eigenvalue weighted by atomic mass is 16.7. The fraction of sp³-hybridized carbons (Fsp3) is 0.440. The third-order valence-electron chi connectivity index (χ3n) is 6.32. The van der Waals surface area contributed by atoms with E-state index < -0.39 is 60.0 Å². The molecule has 2 saturated heterocycles. The summed E-state index contributed by atoms with van der Waals surface area (Å²) in [6.45, 7) is 7.40. The number of hydrogen-bond donors (Lipinski definition) is 1. The molecule has 2 fully saturated rings. The van der Waals surface area contributed by atoms with Crippen molar-refractivity contribution in [2.24, 2.45) is 11.3 Å². The molecule has 0 spiro atoms. The number of fused-ring (bicyclic) bond motifs is 1. The predicted molar refractivity (Wildman–Crippen MR) is 123 cm³/mol. The molecule has 1 aromatic carbocycles. The summed E-state index contributed by atoms with van der Waals surface area (Å²) < 4.78 is 15.2. The second-order valence-corrected chi connectivity index (χ2v) is 9.87. The molecule has 36 heavy (non-hydrogen) atoms. The summed E-state index contributed by atoms with van der Waals surface area (Å²) in [7, 11) is 0. The molecule has 1 aromatic heterocycles. The number of hydrogen-bond acceptors (Lipinski definition) is 9. The van der Waals surface area contributed by atoms with Crippen LogP contribution in [0.15, 0.2) is 34.9 Å². The zero-order chi connectivity index (χ0) is 26.4. The van der Waals surface area contributed by atoms with Crippen molar-refractivity contribution in [3.05, 3.63) is 41.7 Å². The molecule has 11 nitrogen and oxygen atoms in total. The molecule has 190 valence electrons. The van der Waals surface area contributed by atoms with E-state index >= 15 is 0 Å². The summed E-state index contributed by atoms with van der Waals surface area (Å²) >= 11 is 0. The van der Waals surface area contributed by atoms with Gasteiger partial charge in [-0.2, -0.15) is 0 Å². The zero-order valence-corrected chi connectivity index (χ0v) is 20.6. The molecular weight excluding hydrogens is 470 g/mol. The maximum atomic E-state index is 13.1. The summed E-state index contributed by atoms with van der Waals surface area (Å²) in [5, 5.41) is 6.57. The number of nitrogens with one attached hydrogen (secondary N) is 1. The van der Waals surface area contributed by atoms with E-state index in [9.17, 15) is 24.0 Å². The average molecular weight is 498 g/mol. The molecule has 0 radical (unpaired) electrons. The van der Waals surface area contributed by atoms with Gasteiger partial charge in [-0.3, -0.25) is 19.2 Å². The van der Waals surface area contributed by atoms with Crippen LogP contribution in [0.4, 0.5) is 0 Å². The van der Waals surface area contributed by atoms with E-state index in [4.69, 9.17) is 14.0 Å². The van der Waals surface area contributed by atoms with Gasteiger partial charge in [-0.1, -0.05) is 42.4 Å². The first kappa shape index (κ1) is 25.1. The molecule has 3 unspecified atom stereocenters. The number of Topliss-reactive ketones (excluding diaryl/α,β-unsaturated/α-hetero) is 1. The van der Waals surface area contributed by atoms with Crippen LogP contribution in [0.1, 0.15) is 43.8 Å². The van der Waals surface area contributed by atoms with Crippen molar-refractivity contribution in [1.29, 1.82) is 0 Å². The Hall–Kier alpha value is -4.02. The number of ether oxygens (including phenoxy) is 2. The molecule has 2 amide bonds. The number of ketones is 1. The smallest absolute Gasteiger partial charge is 0.332 e. The number of aryl methyl sites for hydroxylation is 1. The van der Waals surface area contributed by atoms with E-state index in [0.717, 1.165) is 4.90 Å². The predicted octanol–water partition coefficient (Wildman–Crippen LogP) is 1.64. The highest BCUT2D eigenvalue weighted by Crippen LogP contribution is 2.38. The molecule has 2 aromatic rings. The number of nitrogens with zero attached hydrogens (tertiary/aromatic N) is 2. The van der Waals surface area contributed by atoms with Crippen LogP contribution in [-0.4, -0.2) is 64.5 Å². The van der Waals surface area contributed by atoms with Crippen LogP contribution < -0.4 is 5.32 Å². The molecule has 2 aliphatic heterocycles. The number of esters is 2. The van der Waals surface area contributed by atoms with Gasteiger partial charge in [-0.05, 0) is 27.7 Å². The van der Waals surface area contributed by atoms with Crippen molar-refractivity contribution in [3.8, 4) is 11.3 Å². The topological polar surface area (TPSA) is 145 Å². The monoisotopic (exact) mass is 497 g/mol. The lowest BCUT2D eigenvalue weighted by Gasteiger charge is -2.43. The van der Waals surface area contributed by atoms with E-state index in [1.165, 1.54) is 6.92 Å². The molecule has 0 bridgehead atoms. The molecule has 2 aliphatic rings. The fourth-order valence-electron chi connectivity index (χ4n) is 4.34. The summed E-state index contributed by atoms with van der Waals surface area (Å²) in [5.41, 5.74) is 0.340. The van der Waals surface area contributed by atoms with Crippen molar-refractivity contribution in [2.45, 2.75) is 52.7 Å². The van der Waals surface area contributed by atoms with Gasteiger partial charge in [0.2, 0.25) is 12.7 Å². The number of carbonyl (C=O) groups excluding carboxylic acids is 5. The standard InChI is InChI=1S/C25H27N3O8/c1-12-18(23(32)34-11-35-24(33)25(3,4)5)28-19(20(12)29)17(22(28)31)26-21(30)15-13(2)36-27-16(15)14-9-7-6-8-10-14/h6-10,12,17-19H,11H2,1-5H3,(H,26,30)/t12?,17?,18?,19-/m0/s1. The van der Waals surface area contributed by atoms with E-state index in [2.05, 4.69) is 10.5 Å². The van der Waals surface area contributed by atoms with Crippen molar-refractivity contribution < 1.29 is 38.0 Å². The van der Waals surface area contributed by atoms with Gasteiger partial charge in [0, 0.05) is 11.5 Å². The van der Waals surface area contributed by atoms with Crippen LogP contribution in [0, 0.1) is 18.3 Å². The third-order valence-corrected chi connectivity index (χ3v) is 6.32. The number of benzene rings is 1. The number of carbonyl (C=O) groups is 5. The maximum absolute atomic E-state index is 13.1. The molecule has 1 N–H and O–H groups in total. The van der Waals surface area contributed by atoms with E-state index in [-0.39, 0.29) is 17.1 Å². The number of amides is 2. The minimum absolute atomic E-state index is 0.155. The van der Waals surface area contributed by atoms with Gasteiger partial charge < -0.3 is 24.2 Å². The van der Waals surface area contributed by atoms with Crippen LogP contribution in [0.2, 0.25) is 0 Å². The number of β-lactam (4-membered cyclic amide) rings is 1. The van der Waals surface area contributed by atoms with Gasteiger partial charge in [0.1, 0.15) is 35.1 Å². The lowest BCUT2D eigenvalue weighted by atomic mass is 9.93. The Bertz CT molecular complexity index is 1230. The Kier molecular flexibility index (Phi) is 6.42. The molecular formula is C25H27N3O8. The Balaban J connectivity index is 1.45. The highest BCUT2D eigenvalue weighted by Gasteiger charge is 2.64. The van der Waals surface area contributed by atoms with Crippen molar-refractivity contribution in [1.82, 2.24) is 15.4 Å². The minimum atomic E-state index is -1.17. The largest absolute Gasteiger partial charge is 0.427 e. The summed E-state index contributed by atoms with van der Waals surface area (Å²) in [5.74, 6) is -3.61. The van der Waals surface area contributed by atoms with Crippen molar-refractivity contribution >= 4 is 29.5 Å². The summed E-state index contributed by atoms with van der Waals surface area (Å²) in [6.07, 6.45) is 0. The molecule has 0 aliphatic carbocycles. The Morgan fingerprint density at radius 1 is 1.11 bits per heavy atom. The fourth-order valence-corrected chi connectivity index (χ4v) is 4.34.